The van der Waals surface area contributed by atoms with Gasteiger partial charge in [0.2, 0.25) is 5.13 Å². The normalized spacial score (nSPS) is 11.7. The third-order valence-corrected chi connectivity index (χ3v) is 4.46. The summed E-state index contributed by atoms with van der Waals surface area (Å²) in [7, 11) is 1.61. The summed E-state index contributed by atoms with van der Waals surface area (Å²) >= 11 is 7.14. The molecule has 0 aliphatic carbocycles. The molecule has 0 bridgehead atoms. The van der Waals surface area contributed by atoms with Crippen molar-refractivity contribution >= 4 is 34.2 Å². The van der Waals surface area contributed by atoms with Crippen molar-refractivity contribution in [3.8, 4) is 22.9 Å². The van der Waals surface area contributed by atoms with Crippen LogP contribution < -0.4 is 14.8 Å². The maximum absolute atomic E-state index is 12.3. The monoisotopic (exact) mass is 389 g/mol. The lowest BCUT2D eigenvalue weighted by Crippen LogP contribution is -2.30. The zero-order valence-corrected chi connectivity index (χ0v) is 15.7. The number of carbonyl (C=O) groups is 1. The van der Waals surface area contributed by atoms with Crippen molar-refractivity contribution in [3.05, 3.63) is 53.6 Å². The molecule has 0 spiro atoms. The van der Waals surface area contributed by atoms with Crippen molar-refractivity contribution in [2.24, 2.45) is 0 Å². The highest BCUT2D eigenvalue weighted by atomic mass is 35.5. The summed E-state index contributed by atoms with van der Waals surface area (Å²) in [5.41, 5.74) is 0.836. The smallest absolute Gasteiger partial charge is 0.266 e. The van der Waals surface area contributed by atoms with Gasteiger partial charge in [-0.2, -0.15) is 9.36 Å². The van der Waals surface area contributed by atoms with Crippen LogP contribution in [-0.2, 0) is 4.79 Å². The molecule has 0 radical (unpaired) electrons. The Morgan fingerprint density at radius 2 is 1.92 bits per heavy atom. The van der Waals surface area contributed by atoms with E-state index in [4.69, 9.17) is 21.1 Å². The molecule has 134 valence electrons. The van der Waals surface area contributed by atoms with E-state index in [-0.39, 0.29) is 5.91 Å². The highest BCUT2D eigenvalue weighted by molar-refractivity contribution is 7.10. The van der Waals surface area contributed by atoms with Crippen LogP contribution in [0.1, 0.15) is 6.92 Å². The van der Waals surface area contributed by atoms with E-state index in [1.54, 1.807) is 38.3 Å². The number of ether oxygens (including phenoxy) is 2. The number of methoxy groups -OCH3 is 1. The van der Waals surface area contributed by atoms with Crippen LogP contribution in [-0.4, -0.2) is 28.5 Å². The molecule has 0 saturated heterocycles. The Labute approximate surface area is 159 Å². The van der Waals surface area contributed by atoms with Gasteiger partial charge in [-0.05, 0) is 43.3 Å². The molecule has 1 atom stereocenters. The van der Waals surface area contributed by atoms with Gasteiger partial charge in [0.1, 0.15) is 11.5 Å². The fourth-order valence-electron chi connectivity index (χ4n) is 2.12. The highest BCUT2D eigenvalue weighted by Crippen LogP contribution is 2.25. The maximum atomic E-state index is 12.3. The topological polar surface area (TPSA) is 73.3 Å². The zero-order chi connectivity index (χ0) is 18.5. The van der Waals surface area contributed by atoms with Gasteiger partial charge < -0.3 is 9.47 Å². The molecule has 1 heterocycles. The van der Waals surface area contributed by atoms with Gasteiger partial charge in [0.25, 0.3) is 5.91 Å². The van der Waals surface area contributed by atoms with Crippen molar-refractivity contribution < 1.29 is 14.3 Å². The average Bonchev–Trinajstić information content (AvgIpc) is 3.12. The fourth-order valence-corrected chi connectivity index (χ4v) is 2.90. The Hall–Kier alpha value is -2.64. The van der Waals surface area contributed by atoms with Gasteiger partial charge in [0, 0.05) is 17.1 Å². The molecule has 2 aromatic carbocycles. The summed E-state index contributed by atoms with van der Waals surface area (Å²) in [6, 6.07) is 14.4. The molecule has 1 N–H and O–H groups in total. The Balaban J connectivity index is 1.64. The van der Waals surface area contributed by atoms with E-state index >= 15 is 0 Å². The Bertz CT molecular complexity index is 899. The summed E-state index contributed by atoms with van der Waals surface area (Å²) in [6.45, 7) is 1.64. The molecule has 0 saturated carbocycles. The number of hydrogen-bond acceptors (Lipinski definition) is 6. The van der Waals surface area contributed by atoms with Gasteiger partial charge >= 0.3 is 0 Å². The van der Waals surface area contributed by atoms with Crippen LogP contribution in [0.25, 0.3) is 11.4 Å². The van der Waals surface area contributed by atoms with E-state index in [1.165, 1.54) is 0 Å². The van der Waals surface area contributed by atoms with Crippen LogP contribution in [0.3, 0.4) is 0 Å². The third kappa shape index (κ3) is 4.30. The molecule has 0 fully saturated rings. The summed E-state index contributed by atoms with van der Waals surface area (Å²) in [5, 5.41) is 3.55. The SMILES string of the molecule is COc1ccc(-c2nsc(NC(=O)[C@H](C)Oc3ccccc3Cl)n2)cc1. The minimum Gasteiger partial charge on any atom is -0.497 e. The molecule has 1 aromatic heterocycles. The predicted octanol–water partition coefficient (Wildman–Crippen LogP) is 4.27. The Morgan fingerprint density at radius 3 is 2.62 bits per heavy atom. The van der Waals surface area contributed by atoms with Gasteiger partial charge in [-0.25, -0.2) is 0 Å². The van der Waals surface area contributed by atoms with Crippen LogP contribution in [0.2, 0.25) is 5.02 Å². The van der Waals surface area contributed by atoms with Crippen molar-refractivity contribution in [2.75, 3.05) is 12.4 Å². The molecule has 0 aliphatic rings. The summed E-state index contributed by atoms with van der Waals surface area (Å²) in [4.78, 5) is 16.6. The van der Waals surface area contributed by atoms with Crippen molar-refractivity contribution in [2.45, 2.75) is 13.0 Å². The first kappa shape index (κ1) is 18.2. The predicted molar refractivity (Wildman–Crippen MR) is 102 cm³/mol. The minimum absolute atomic E-state index is 0.331. The number of anilines is 1. The van der Waals surface area contributed by atoms with Crippen molar-refractivity contribution in [3.63, 3.8) is 0 Å². The van der Waals surface area contributed by atoms with E-state index in [2.05, 4.69) is 14.7 Å². The standard InChI is InChI=1S/C18H16ClN3O3S/c1-11(25-15-6-4-3-5-14(15)19)17(23)21-18-20-16(22-26-18)12-7-9-13(24-2)10-8-12/h3-11H,1-2H3,(H,20,21,22,23)/t11-/m0/s1. The number of nitrogens with zero attached hydrogens (tertiary/aromatic N) is 2. The number of halogens is 1. The summed E-state index contributed by atoms with van der Waals surface area (Å²) in [5.74, 6) is 1.41. The number of amides is 1. The lowest BCUT2D eigenvalue weighted by molar-refractivity contribution is -0.122. The number of nitrogens with one attached hydrogen (secondary N) is 1. The van der Waals surface area contributed by atoms with Crippen molar-refractivity contribution in [1.82, 2.24) is 9.36 Å². The molecule has 0 unspecified atom stereocenters. The number of hydrogen-bond donors (Lipinski definition) is 1. The lowest BCUT2D eigenvalue weighted by Gasteiger charge is -2.14. The number of benzene rings is 2. The number of carbonyl (C=O) groups excluding carboxylic acids is 1. The van der Waals surface area contributed by atoms with Gasteiger partial charge in [-0.15, -0.1) is 0 Å². The molecular weight excluding hydrogens is 374 g/mol. The van der Waals surface area contributed by atoms with Crippen LogP contribution >= 0.6 is 23.1 Å². The molecule has 3 aromatic rings. The second-order valence-electron chi connectivity index (χ2n) is 5.33. The van der Waals surface area contributed by atoms with E-state index in [1.807, 2.05) is 24.3 Å². The van der Waals surface area contributed by atoms with E-state index in [9.17, 15) is 4.79 Å². The van der Waals surface area contributed by atoms with Gasteiger partial charge in [-0.3, -0.25) is 10.1 Å². The van der Waals surface area contributed by atoms with Crippen LogP contribution in [0.5, 0.6) is 11.5 Å². The first-order valence-corrected chi connectivity index (χ1v) is 8.92. The minimum atomic E-state index is -0.733. The Morgan fingerprint density at radius 1 is 1.19 bits per heavy atom. The van der Waals surface area contributed by atoms with Crippen LogP contribution in [0.15, 0.2) is 48.5 Å². The summed E-state index contributed by atoms with van der Waals surface area (Å²) in [6.07, 6.45) is -0.733. The fraction of sp³-hybridized carbons (Fsp3) is 0.167. The second-order valence-corrected chi connectivity index (χ2v) is 6.49. The first-order valence-electron chi connectivity index (χ1n) is 7.77. The van der Waals surface area contributed by atoms with Crippen LogP contribution in [0.4, 0.5) is 5.13 Å². The number of aromatic nitrogens is 2. The highest BCUT2D eigenvalue weighted by Gasteiger charge is 2.18. The molecule has 6 nitrogen and oxygen atoms in total. The molecule has 26 heavy (non-hydrogen) atoms. The van der Waals surface area contributed by atoms with E-state index < -0.39 is 6.10 Å². The summed E-state index contributed by atoms with van der Waals surface area (Å²) < 4.78 is 15.0. The first-order chi connectivity index (χ1) is 12.6. The molecule has 1 amide bonds. The van der Waals surface area contributed by atoms with Gasteiger partial charge in [0.15, 0.2) is 11.9 Å². The quantitative estimate of drug-likeness (QED) is 0.681. The van der Waals surface area contributed by atoms with E-state index in [0.717, 1.165) is 22.8 Å². The van der Waals surface area contributed by atoms with Crippen molar-refractivity contribution in [1.29, 1.82) is 0 Å². The zero-order valence-electron chi connectivity index (χ0n) is 14.1. The number of para-hydroxylation sites is 1. The molecule has 3 rings (SSSR count). The lowest BCUT2D eigenvalue weighted by atomic mass is 10.2. The largest absolute Gasteiger partial charge is 0.497 e. The van der Waals surface area contributed by atoms with Crippen LogP contribution in [0, 0.1) is 0 Å². The number of rotatable bonds is 6. The third-order valence-electron chi connectivity index (χ3n) is 3.51. The van der Waals surface area contributed by atoms with Gasteiger partial charge in [0.05, 0.1) is 12.1 Å². The molecule has 0 aliphatic heterocycles. The average molecular weight is 390 g/mol. The molecule has 8 heteroatoms. The maximum Gasteiger partial charge on any atom is 0.266 e. The Kier molecular flexibility index (Phi) is 5.70. The van der Waals surface area contributed by atoms with E-state index in [0.29, 0.717) is 21.7 Å². The molecular formula is C18H16ClN3O3S. The van der Waals surface area contributed by atoms with Gasteiger partial charge in [-0.1, -0.05) is 23.7 Å². The second kappa shape index (κ2) is 8.16.